The molecule has 0 aromatic carbocycles. The van der Waals surface area contributed by atoms with Gasteiger partial charge in [-0.2, -0.15) is 0 Å². The highest BCUT2D eigenvalue weighted by Crippen LogP contribution is 2.22. The monoisotopic (exact) mass is 370 g/mol. The molecular formula is C18H34N4O2S. The summed E-state index contributed by atoms with van der Waals surface area (Å²) in [5, 5.41) is 3.40. The number of aliphatic imine (C=N–C) groups is 1. The molecule has 144 valence electrons. The first kappa shape index (κ1) is 20.2. The highest BCUT2D eigenvalue weighted by atomic mass is 32.2. The molecule has 2 heterocycles. The molecule has 0 bridgehead atoms. The van der Waals surface area contributed by atoms with Gasteiger partial charge in [-0.3, -0.25) is 9.89 Å². The lowest BCUT2D eigenvalue weighted by Gasteiger charge is -2.27. The zero-order valence-electron chi connectivity index (χ0n) is 16.2. The Morgan fingerprint density at radius 3 is 2.60 bits per heavy atom. The Bertz CT molecular complexity index is 590. The molecule has 0 spiro atoms. The van der Waals surface area contributed by atoms with Crippen molar-refractivity contribution in [1.82, 2.24) is 15.1 Å². The Kier molecular flexibility index (Phi) is 6.91. The largest absolute Gasteiger partial charge is 0.357 e. The molecule has 6 nitrogen and oxygen atoms in total. The molecule has 2 aliphatic heterocycles. The SMILES string of the molecule is CCNC(=NCC(C)(C)CCS(C)(=O)=O)N1CCC(N2CC=CC2)C1. The summed E-state index contributed by atoms with van der Waals surface area (Å²) in [6.07, 6.45) is 7.59. The third-order valence-corrected chi connectivity index (χ3v) is 5.91. The fourth-order valence-electron chi connectivity index (χ4n) is 3.28. The van der Waals surface area contributed by atoms with Crippen molar-refractivity contribution in [2.24, 2.45) is 10.4 Å². The van der Waals surface area contributed by atoms with Gasteiger partial charge in [0.2, 0.25) is 0 Å². The number of likely N-dealkylation sites (tertiary alicyclic amines) is 1. The minimum absolute atomic E-state index is 0.123. The highest BCUT2D eigenvalue weighted by molar-refractivity contribution is 7.90. The van der Waals surface area contributed by atoms with Crippen LogP contribution in [-0.2, 0) is 9.84 Å². The highest BCUT2D eigenvalue weighted by Gasteiger charge is 2.30. The third-order valence-electron chi connectivity index (χ3n) is 4.97. The first-order valence-corrected chi connectivity index (χ1v) is 11.4. The number of hydrogen-bond acceptors (Lipinski definition) is 4. The van der Waals surface area contributed by atoms with Gasteiger partial charge in [0.1, 0.15) is 9.84 Å². The lowest BCUT2D eigenvalue weighted by atomic mass is 9.90. The van der Waals surface area contributed by atoms with Crippen molar-refractivity contribution in [2.75, 3.05) is 51.3 Å². The van der Waals surface area contributed by atoms with E-state index in [1.807, 2.05) is 0 Å². The van der Waals surface area contributed by atoms with Crippen molar-refractivity contribution >= 4 is 15.8 Å². The minimum atomic E-state index is -2.92. The van der Waals surface area contributed by atoms with E-state index in [-0.39, 0.29) is 11.2 Å². The van der Waals surface area contributed by atoms with E-state index in [1.54, 1.807) is 0 Å². The predicted octanol–water partition coefficient (Wildman–Crippen LogP) is 1.36. The topological polar surface area (TPSA) is 65.0 Å². The molecule has 7 heteroatoms. The molecule has 2 rings (SSSR count). The molecular weight excluding hydrogens is 336 g/mol. The summed E-state index contributed by atoms with van der Waals surface area (Å²) >= 11 is 0. The van der Waals surface area contributed by atoms with Gasteiger partial charge in [0.15, 0.2) is 5.96 Å². The summed E-state index contributed by atoms with van der Waals surface area (Å²) in [6, 6.07) is 0.595. The minimum Gasteiger partial charge on any atom is -0.357 e. The van der Waals surface area contributed by atoms with Crippen LogP contribution in [0.4, 0.5) is 0 Å². The van der Waals surface area contributed by atoms with Gasteiger partial charge in [0.25, 0.3) is 0 Å². The fourth-order valence-corrected chi connectivity index (χ4v) is 4.20. The number of guanidine groups is 1. The number of hydrogen-bond donors (Lipinski definition) is 1. The Labute approximate surface area is 153 Å². The smallest absolute Gasteiger partial charge is 0.193 e. The van der Waals surface area contributed by atoms with Crippen LogP contribution in [0.3, 0.4) is 0 Å². The van der Waals surface area contributed by atoms with Gasteiger partial charge in [0, 0.05) is 51.6 Å². The molecule has 2 aliphatic rings. The van der Waals surface area contributed by atoms with E-state index in [9.17, 15) is 8.42 Å². The van der Waals surface area contributed by atoms with Crippen molar-refractivity contribution in [1.29, 1.82) is 0 Å². The van der Waals surface area contributed by atoms with E-state index in [4.69, 9.17) is 4.99 Å². The van der Waals surface area contributed by atoms with E-state index in [0.717, 1.165) is 38.7 Å². The Balaban J connectivity index is 1.93. The average molecular weight is 371 g/mol. The second-order valence-electron chi connectivity index (χ2n) is 8.03. The van der Waals surface area contributed by atoms with E-state index in [1.165, 1.54) is 12.7 Å². The maximum Gasteiger partial charge on any atom is 0.193 e. The molecule has 1 fully saturated rings. The molecule has 0 aromatic heterocycles. The van der Waals surface area contributed by atoms with Gasteiger partial charge in [-0.25, -0.2) is 8.42 Å². The molecule has 0 amide bonds. The molecule has 0 aliphatic carbocycles. The summed E-state index contributed by atoms with van der Waals surface area (Å²) in [5.41, 5.74) is -0.123. The zero-order chi connectivity index (χ0) is 18.5. The summed E-state index contributed by atoms with van der Waals surface area (Å²) in [6.45, 7) is 11.9. The molecule has 0 aromatic rings. The molecule has 1 atom stereocenters. The lowest BCUT2D eigenvalue weighted by molar-refractivity contribution is 0.259. The standard InChI is InChI=1S/C18H34N4O2S/c1-5-19-17(20-15-18(2,3)9-13-25(4,23)24)22-12-8-16(14-22)21-10-6-7-11-21/h6-7,16H,5,8-15H2,1-4H3,(H,19,20). The van der Waals surface area contributed by atoms with Crippen LogP contribution in [0.2, 0.25) is 0 Å². The molecule has 0 saturated carbocycles. The van der Waals surface area contributed by atoms with Crippen LogP contribution in [0, 0.1) is 5.41 Å². The van der Waals surface area contributed by atoms with E-state index < -0.39 is 9.84 Å². The normalized spacial score (nSPS) is 22.8. The van der Waals surface area contributed by atoms with Crippen molar-refractivity contribution < 1.29 is 8.42 Å². The van der Waals surface area contributed by atoms with Crippen LogP contribution in [0.15, 0.2) is 17.1 Å². The summed E-state index contributed by atoms with van der Waals surface area (Å²) < 4.78 is 22.8. The average Bonchev–Trinajstić information content (AvgIpc) is 3.19. The van der Waals surface area contributed by atoms with Gasteiger partial charge in [-0.15, -0.1) is 0 Å². The Hall–Kier alpha value is -1.08. The summed E-state index contributed by atoms with van der Waals surface area (Å²) in [5.74, 6) is 1.18. The van der Waals surface area contributed by atoms with Crippen molar-refractivity contribution in [3.05, 3.63) is 12.2 Å². The Morgan fingerprint density at radius 2 is 2.00 bits per heavy atom. The lowest BCUT2D eigenvalue weighted by Crippen LogP contribution is -2.43. The maximum atomic E-state index is 11.4. The van der Waals surface area contributed by atoms with Crippen LogP contribution >= 0.6 is 0 Å². The van der Waals surface area contributed by atoms with Crippen molar-refractivity contribution in [2.45, 2.75) is 39.7 Å². The predicted molar refractivity (Wildman–Crippen MR) is 105 cm³/mol. The van der Waals surface area contributed by atoms with Gasteiger partial charge in [-0.1, -0.05) is 26.0 Å². The van der Waals surface area contributed by atoms with Gasteiger partial charge in [-0.05, 0) is 25.2 Å². The third kappa shape index (κ3) is 6.62. The Morgan fingerprint density at radius 1 is 1.32 bits per heavy atom. The maximum absolute atomic E-state index is 11.4. The fraction of sp³-hybridized carbons (Fsp3) is 0.833. The van der Waals surface area contributed by atoms with Crippen LogP contribution in [-0.4, -0.2) is 81.5 Å². The van der Waals surface area contributed by atoms with Gasteiger partial charge >= 0.3 is 0 Å². The molecule has 1 unspecified atom stereocenters. The summed E-state index contributed by atoms with van der Waals surface area (Å²) in [4.78, 5) is 9.69. The quantitative estimate of drug-likeness (QED) is 0.416. The molecule has 1 saturated heterocycles. The van der Waals surface area contributed by atoms with E-state index in [0.29, 0.717) is 19.0 Å². The van der Waals surface area contributed by atoms with E-state index >= 15 is 0 Å². The number of rotatable bonds is 7. The van der Waals surface area contributed by atoms with E-state index in [2.05, 4.69) is 48.0 Å². The van der Waals surface area contributed by atoms with Crippen molar-refractivity contribution in [3.8, 4) is 0 Å². The second-order valence-corrected chi connectivity index (χ2v) is 10.3. The zero-order valence-corrected chi connectivity index (χ0v) is 17.0. The van der Waals surface area contributed by atoms with Crippen LogP contribution < -0.4 is 5.32 Å². The van der Waals surface area contributed by atoms with Crippen LogP contribution in [0.5, 0.6) is 0 Å². The number of sulfone groups is 1. The molecule has 0 radical (unpaired) electrons. The van der Waals surface area contributed by atoms with Gasteiger partial charge in [0.05, 0.1) is 5.75 Å². The first-order valence-electron chi connectivity index (χ1n) is 9.30. The second kappa shape index (κ2) is 8.54. The van der Waals surface area contributed by atoms with Crippen molar-refractivity contribution in [3.63, 3.8) is 0 Å². The molecule has 1 N–H and O–H groups in total. The molecule has 25 heavy (non-hydrogen) atoms. The first-order chi connectivity index (χ1) is 11.7. The van der Waals surface area contributed by atoms with Gasteiger partial charge < -0.3 is 10.2 Å². The van der Waals surface area contributed by atoms with Crippen LogP contribution in [0.1, 0.15) is 33.6 Å². The number of nitrogens with one attached hydrogen (secondary N) is 1. The van der Waals surface area contributed by atoms with Crippen LogP contribution in [0.25, 0.3) is 0 Å². The number of nitrogens with zero attached hydrogens (tertiary/aromatic N) is 3. The summed E-state index contributed by atoms with van der Waals surface area (Å²) in [7, 11) is -2.92.